The van der Waals surface area contributed by atoms with Gasteiger partial charge in [0, 0.05) is 12.3 Å². The number of hydrogen-bond donors (Lipinski definition) is 1. The number of esters is 3. The maximum absolute atomic E-state index is 13.3. The van der Waals surface area contributed by atoms with Crippen molar-refractivity contribution in [2.24, 2.45) is 11.8 Å². The molecule has 33 heavy (non-hydrogen) atoms. The summed E-state index contributed by atoms with van der Waals surface area (Å²) in [6, 6.07) is 6.04. The van der Waals surface area contributed by atoms with Crippen LogP contribution in [0.3, 0.4) is 0 Å². The van der Waals surface area contributed by atoms with Crippen molar-refractivity contribution in [2.45, 2.75) is 77.6 Å². The van der Waals surface area contributed by atoms with E-state index in [0.29, 0.717) is 5.56 Å². The van der Waals surface area contributed by atoms with Crippen LogP contribution >= 0.6 is 0 Å². The molecule has 0 radical (unpaired) electrons. The third kappa shape index (κ3) is 6.41. The van der Waals surface area contributed by atoms with Crippen LogP contribution in [0.2, 0.25) is 0 Å². The first kappa shape index (κ1) is 26.5. The van der Waals surface area contributed by atoms with E-state index >= 15 is 0 Å². The molecule has 0 bridgehead atoms. The Morgan fingerprint density at radius 2 is 1.42 bits per heavy atom. The lowest BCUT2D eigenvalue weighted by molar-refractivity contribution is -0.182. The van der Waals surface area contributed by atoms with Crippen LogP contribution < -0.4 is 0 Å². The molecule has 8 heteroatoms. The smallest absolute Gasteiger partial charge is 0.337 e. The van der Waals surface area contributed by atoms with Gasteiger partial charge in [-0.15, -0.1) is 0 Å². The predicted octanol–water partition coefficient (Wildman–Crippen LogP) is 3.20. The first-order valence-electron chi connectivity index (χ1n) is 10.9. The van der Waals surface area contributed by atoms with Gasteiger partial charge < -0.3 is 19.3 Å². The molecule has 1 aliphatic carbocycles. The Balaban J connectivity index is 2.65. The summed E-state index contributed by atoms with van der Waals surface area (Å²) in [6.45, 7) is 11.5. The van der Waals surface area contributed by atoms with Crippen LogP contribution in [0.5, 0.6) is 0 Å². The van der Waals surface area contributed by atoms with Crippen molar-refractivity contribution in [3.63, 3.8) is 0 Å². The monoisotopic (exact) mass is 462 g/mol. The molecule has 0 aliphatic heterocycles. The quantitative estimate of drug-likeness (QED) is 0.412. The van der Waals surface area contributed by atoms with Crippen molar-refractivity contribution in [3.05, 3.63) is 35.4 Å². The molecule has 1 aliphatic rings. The minimum Gasteiger partial charge on any atom is -0.465 e. The predicted molar refractivity (Wildman–Crippen MR) is 119 cm³/mol. The van der Waals surface area contributed by atoms with Crippen LogP contribution in [-0.2, 0) is 28.6 Å². The van der Waals surface area contributed by atoms with Crippen molar-refractivity contribution in [3.8, 4) is 0 Å². The van der Waals surface area contributed by atoms with E-state index in [9.17, 15) is 24.3 Å². The number of benzene rings is 1. The van der Waals surface area contributed by atoms with Crippen LogP contribution in [0, 0.1) is 11.8 Å². The molecule has 0 spiro atoms. The number of carbonyl (C=O) groups is 4. The number of ether oxygens (including phenoxy) is 3. The van der Waals surface area contributed by atoms with E-state index < -0.39 is 64.7 Å². The highest BCUT2D eigenvalue weighted by Crippen LogP contribution is 2.47. The number of ketones is 1. The average Bonchev–Trinajstić information content (AvgIpc) is 2.63. The fourth-order valence-corrected chi connectivity index (χ4v) is 4.11. The van der Waals surface area contributed by atoms with Crippen LogP contribution in [0.4, 0.5) is 0 Å². The molecule has 1 N–H and O–H groups in total. The number of hydrogen-bond acceptors (Lipinski definition) is 8. The third-order valence-electron chi connectivity index (χ3n) is 5.31. The molecule has 8 nitrogen and oxygen atoms in total. The largest absolute Gasteiger partial charge is 0.465 e. The Morgan fingerprint density at radius 3 is 1.88 bits per heavy atom. The maximum atomic E-state index is 13.3. The second-order valence-corrected chi connectivity index (χ2v) is 10.7. The number of Topliss-reactive ketones (excluding diaryl/α,β-unsaturated/α-hetero) is 1. The van der Waals surface area contributed by atoms with E-state index in [1.54, 1.807) is 53.7 Å². The van der Waals surface area contributed by atoms with Gasteiger partial charge >= 0.3 is 17.9 Å². The van der Waals surface area contributed by atoms with E-state index in [0.717, 1.165) is 0 Å². The van der Waals surface area contributed by atoms with Crippen molar-refractivity contribution in [1.82, 2.24) is 0 Å². The standard InChI is InChI=1S/C25H34O8/c1-23(2,3)32-21(28)18-16(26)13-25(7,30)19(22(29)33-24(4,5)6)17(18)14-9-11-15(12-10-14)20(27)31-8/h9-12,17-19,30H,13H2,1-8H3/t17-,18-,19+,25-/m0/s1. The average molecular weight is 463 g/mol. The molecule has 1 aromatic carbocycles. The minimum atomic E-state index is -1.76. The van der Waals surface area contributed by atoms with Gasteiger partial charge in [-0.05, 0) is 66.2 Å². The summed E-state index contributed by atoms with van der Waals surface area (Å²) in [5.74, 6) is -6.20. The summed E-state index contributed by atoms with van der Waals surface area (Å²) < 4.78 is 15.8. The topological polar surface area (TPSA) is 116 Å². The van der Waals surface area contributed by atoms with Crippen molar-refractivity contribution in [1.29, 1.82) is 0 Å². The van der Waals surface area contributed by atoms with Crippen LogP contribution in [0.15, 0.2) is 24.3 Å². The normalized spacial score (nSPS) is 25.8. The summed E-state index contributed by atoms with van der Waals surface area (Å²) in [5, 5.41) is 11.2. The molecule has 1 fully saturated rings. The molecule has 1 aromatic rings. The molecule has 0 aromatic heterocycles. The van der Waals surface area contributed by atoms with E-state index in [-0.39, 0.29) is 5.56 Å². The van der Waals surface area contributed by atoms with Crippen LogP contribution in [0.25, 0.3) is 0 Å². The van der Waals surface area contributed by atoms with Gasteiger partial charge in [-0.1, -0.05) is 12.1 Å². The van der Waals surface area contributed by atoms with Gasteiger partial charge in [-0.2, -0.15) is 0 Å². The molecule has 0 heterocycles. The van der Waals surface area contributed by atoms with Crippen molar-refractivity contribution >= 4 is 23.7 Å². The molecule has 0 unspecified atom stereocenters. The van der Waals surface area contributed by atoms with Gasteiger partial charge in [0.1, 0.15) is 17.1 Å². The van der Waals surface area contributed by atoms with E-state index in [4.69, 9.17) is 14.2 Å². The molecule has 0 amide bonds. The number of methoxy groups -OCH3 is 1. The lowest BCUT2D eigenvalue weighted by Crippen LogP contribution is -2.56. The molecule has 2 rings (SSSR count). The highest BCUT2D eigenvalue weighted by atomic mass is 16.6. The fraction of sp³-hybridized carbons (Fsp3) is 0.600. The van der Waals surface area contributed by atoms with Gasteiger partial charge in [0.15, 0.2) is 5.78 Å². The second kappa shape index (κ2) is 9.25. The van der Waals surface area contributed by atoms with Crippen LogP contribution in [-0.4, -0.2) is 52.7 Å². The number of carbonyl (C=O) groups excluding carboxylic acids is 4. The molecular weight excluding hydrogens is 428 g/mol. The molecular formula is C25H34O8. The Labute approximate surface area is 194 Å². The van der Waals surface area contributed by atoms with Gasteiger partial charge in [0.05, 0.1) is 24.2 Å². The zero-order valence-corrected chi connectivity index (χ0v) is 20.6. The summed E-state index contributed by atoms with van der Waals surface area (Å²) >= 11 is 0. The summed E-state index contributed by atoms with van der Waals surface area (Å²) in [7, 11) is 1.25. The SMILES string of the molecule is COC(=O)c1ccc([C@H]2[C@@H](C(=O)OC(C)(C)C)C(=O)C[C@](C)(O)[C@H]2C(=O)OC(C)(C)C)cc1. The Morgan fingerprint density at radius 1 is 0.939 bits per heavy atom. The van der Waals surface area contributed by atoms with E-state index in [2.05, 4.69) is 0 Å². The molecule has 4 atom stereocenters. The lowest BCUT2D eigenvalue weighted by Gasteiger charge is -2.44. The van der Waals surface area contributed by atoms with Crippen molar-refractivity contribution < 1.29 is 38.5 Å². The Bertz CT molecular complexity index is 915. The molecule has 0 saturated heterocycles. The summed E-state index contributed by atoms with van der Waals surface area (Å²) in [4.78, 5) is 51.4. The molecule has 182 valence electrons. The van der Waals surface area contributed by atoms with E-state index in [1.807, 2.05) is 0 Å². The van der Waals surface area contributed by atoms with E-state index in [1.165, 1.54) is 26.2 Å². The lowest BCUT2D eigenvalue weighted by atomic mass is 9.61. The number of aliphatic hydroxyl groups is 1. The zero-order chi connectivity index (χ0) is 25.4. The molecule has 1 saturated carbocycles. The Hall–Kier alpha value is -2.74. The summed E-state index contributed by atoms with van der Waals surface area (Å²) in [5.41, 5.74) is -2.79. The van der Waals surface area contributed by atoms with Crippen LogP contribution in [0.1, 0.15) is 76.7 Å². The first-order valence-corrected chi connectivity index (χ1v) is 10.9. The van der Waals surface area contributed by atoms with Gasteiger partial charge in [0.25, 0.3) is 0 Å². The number of rotatable bonds is 4. The summed E-state index contributed by atoms with van der Waals surface area (Å²) in [6.07, 6.45) is -0.405. The van der Waals surface area contributed by atoms with Gasteiger partial charge in [-0.25, -0.2) is 4.79 Å². The second-order valence-electron chi connectivity index (χ2n) is 10.7. The minimum absolute atomic E-state index is 0.262. The highest BCUT2D eigenvalue weighted by Gasteiger charge is 2.57. The Kier molecular flexibility index (Phi) is 7.43. The first-order chi connectivity index (χ1) is 15.0. The van der Waals surface area contributed by atoms with Crippen molar-refractivity contribution in [2.75, 3.05) is 7.11 Å². The van der Waals surface area contributed by atoms with Gasteiger partial charge in [0.2, 0.25) is 0 Å². The fourth-order valence-electron chi connectivity index (χ4n) is 4.11. The highest BCUT2D eigenvalue weighted by molar-refractivity contribution is 6.03. The third-order valence-corrected chi connectivity index (χ3v) is 5.31. The zero-order valence-electron chi connectivity index (χ0n) is 20.6. The maximum Gasteiger partial charge on any atom is 0.337 e. The van der Waals surface area contributed by atoms with Gasteiger partial charge in [-0.3, -0.25) is 14.4 Å².